The minimum atomic E-state index is -0.675. The zero-order chi connectivity index (χ0) is 25.0. The number of hydrogen-bond acceptors (Lipinski definition) is 3. The number of methoxy groups -OCH3 is 1. The molecule has 0 fully saturated rings. The number of rotatable bonds is 5. The van der Waals surface area contributed by atoms with Gasteiger partial charge in [-0.05, 0) is 61.2 Å². The normalized spacial score (nSPS) is 23.3. The highest BCUT2D eigenvalue weighted by Crippen LogP contribution is 2.57. The number of hydrogen-bond donors (Lipinski definition) is 0. The van der Waals surface area contributed by atoms with E-state index < -0.39 is 11.0 Å². The third-order valence-electron chi connectivity index (χ3n) is 6.88. The van der Waals surface area contributed by atoms with Crippen molar-refractivity contribution in [3.05, 3.63) is 104 Å². The van der Waals surface area contributed by atoms with Crippen molar-refractivity contribution in [3.8, 4) is 0 Å². The first-order valence-corrected chi connectivity index (χ1v) is 13.0. The second-order valence-electron chi connectivity index (χ2n) is 8.96. The average molecular weight is 554 g/mol. The van der Waals surface area contributed by atoms with Gasteiger partial charge in [0.05, 0.1) is 23.4 Å². The van der Waals surface area contributed by atoms with E-state index in [-0.39, 0.29) is 11.6 Å². The van der Waals surface area contributed by atoms with Crippen LogP contribution in [-0.2, 0) is 21.4 Å². The molecule has 2 heterocycles. The van der Waals surface area contributed by atoms with Crippen LogP contribution in [0.5, 0.6) is 0 Å². The molecule has 3 nitrogen and oxygen atoms in total. The number of ether oxygens (including phenoxy) is 1. The molecule has 2 unspecified atom stereocenters. The lowest BCUT2D eigenvalue weighted by Gasteiger charge is -2.36. The predicted molar refractivity (Wildman–Crippen MR) is 138 cm³/mol. The van der Waals surface area contributed by atoms with Crippen LogP contribution in [0.25, 0.3) is 0 Å². The van der Waals surface area contributed by atoms with Crippen LogP contribution in [-0.4, -0.2) is 16.7 Å². The van der Waals surface area contributed by atoms with Gasteiger partial charge in [-0.25, -0.2) is 13.8 Å². The fraction of sp³-hybridized carbons (Fsp3) is 0.269. The summed E-state index contributed by atoms with van der Waals surface area (Å²) in [6.45, 7) is 2.13. The predicted octanol–water partition coefficient (Wildman–Crippen LogP) is 8.47. The van der Waals surface area contributed by atoms with Crippen molar-refractivity contribution in [2.24, 2.45) is 0 Å². The second kappa shape index (κ2) is 9.15. The summed E-state index contributed by atoms with van der Waals surface area (Å²) in [5.41, 5.74) is 1.57. The molecule has 2 aromatic carbocycles. The number of thioether (sulfide) groups is 1. The number of aromatic nitrogens is 2. The van der Waals surface area contributed by atoms with Crippen molar-refractivity contribution in [2.75, 3.05) is 7.11 Å². The Morgan fingerprint density at radius 1 is 1.09 bits per heavy atom. The van der Waals surface area contributed by atoms with Gasteiger partial charge in [-0.2, -0.15) is 0 Å². The van der Waals surface area contributed by atoms with Crippen molar-refractivity contribution in [3.63, 3.8) is 0 Å². The van der Waals surface area contributed by atoms with Gasteiger partial charge in [-0.1, -0.05) is 58.7 Å². The number of allylic oxidation sites excluding steroid dienone is 4. The van der Waals surface area contributed by atoms with Gasteiger partial charge in [-0.15, -0.1) is 0 Å². The third-order valence-corrected chi connectivity index (χ3v) is 8.97. The molecule has 0 radical (unpaired) electrons. The molecule has 9 heteroatoms. The zero-order valence-electron chi connectivity index (χ0n) is 18.9. The Balaban J connectivity index is 1.62. The molecule has 35 heavy (non-hydrogen) atoms. The van der Waals surface area contributed by atoms with E-state index in [1.54, 1.807) is 25.3 Å². The SMILES string of the molecule is COC1=CC(F)=CCC12CC(C)(c1ccc(Cl)c(Cl)c1)c1cnc(SCc3ccc(F)cc3Cl)n12. The fourth-order valence-corrected chi connectivity index (χ4v) is 6.84. The van der Waals surface area contributed by atoms with Crippen molar-refractivity contribution in [2.45, 2.75) is 41.6 Å². The van der Waals surface area contributed by atoms with Gasteiger partial charge in [0.2, 0.25) is 0 Å². The molecular weight excluding hydrogens is 533 g/mol. The number of fused-ring (bicyclic) bond motifs is 2. The molecule has 1 aliphatic carbocycles. The first-order valence-electron chi connectivity index (χ1n) is 10.9. The number of halogens is 5. The van der Waals surface area contributed by atoms with E-state index in [9.17, 15) is 8.78 Å². The van der Waals surface area contributed by atoms with Crippen LogP contribution in [0.3, 0.4) is 0 Å². The summed E-state index contributed by atoms with van der Waals surface area (Å²) in [7, 11) is 1.56. The minimum Gasteiger partial charge on any atom is -0.498 e. The molecule has 5 rings (SSSR count). The second-order valence-corrected chi connectivity index (χ2v) is 11.1. The molecular formula is C26H21Cl3F2N2OS. The Kier molecular flexibility index (Phi) is 6.45. The van der Waals surface area contributed by atoms with Gasteiger partial charge in [0.25, 0.3) is 0 Å². The maximum Gasteiger partial charge on any atom is 0.169 e. The van der Waals surface area contributed by atoms with Gasteiger partial charge >= 0.3 is 0 Å². The first-order chi connectivity index (χ1) is 16.7. The van der Waals surface area contributed by atoms with E-state index in [1.807, 2.05) is 18.3 Å². The minimum absolute atomic E-state index is 0.329. The number of nitrogens with zero attached hydrogens (tertiary/aromatic N) is 2. The summed E-state index contributed by atoms with van der Waals surface area (Å²) in [4.78, 5) is 4.75. The van der Waals surface area contributed by atoms with E-state index >= 15 is 0 Å². The summed E-state index contributed by atoms with van der Waals surface area (Å²) >= 11 is 20.3. The molecule has 1 spiro atoms. The van der Waals surface area contributed by atoms with Crippen molar-refractivity contribution in [1.82, 2.24) is 9.55 Å². The lowest BCUT2D eigenvalue weighted by Crippen LogP contribution is -2.36. The van der Waals surface area contributed by atoms with Crippen LogP contribution >= 0.6 is 46.6 Å². The van der Waals surface area contributed by atoms with Gasteiger partial charge in [-0.3, -0.25) is 0 Å². The van der Waals surface area contributed by atoms with Gasteiger partial charge in [0, 0.05) is 28.0 Å². The van der Waals surface area contributed by atoms with Crippen LogP contribution < -0.4 is 0 Å². The molecule has 1 aromatic heterocycles. The molecule has 0 N–H and O–H groups in total. The van der Waals surface area contributed by atoms with Crippen LogP contribution in [0.2, 0.25) is 15.1 Å². The average Bonchev–Trinajstić information content (AvgIpc) is 3.36. The molecule has 0 bridgehead atoms. The Morgan fingerprint density at radius 2 is 1.89 bits per heavy atom. The molecule has 0 amide bonds. The van der Waals surface area contributed by atoms with E-state index in [0.29, 0.717) is 39.4 Å². The Hall–Kier alpha value is -1.99. The van der Waals surface area contributed by atoms with Crippen molar-refractivity contribution in [1.29, 1.82) is 0 Å². The van der Waals surface area contributed by atoms with E-state index in [2.05, 4.69) is 11.5 Å². The summed E-state index contributed by atoms with van der Waals surface area (Å²) < 4.78 is 35.7. The Bertz CT molecular complexity index is 1390. The topological polar surface area (TPSA) is 27.1 Å². The van der Waals surface area contributed by atoms with Crippen LogP contribution in [0.4, 0.5) is 8.78 Å². The summed E-state index contributed by atoms with van der Waals surface area (Å²) in [5, 5.41) is 2.05. The van der Waals surface area contributed by atoms with Crippen molar-refractivity contribution >= 4 is 46.6 Å². The molecule has 1 aliphatic heterocycles. The molecule has 182 valence electrons. The van der Waals surface area contributed by atoms with Gasteiger partial charge in [0.1, 0.15) is 22.9 Å². The zero-order valence-corrected chi connectivity index (χ0v) is 22.0. The molecule has 3 aromatic rings. The largest absolute Gasteiger partial charge is 0.498 e. The standard InChI is InChI=1S/C26H21Cl3F2N2OS/c1-25(16-4-6-19(27)21(29)9-16)14-26(8-7-18(31)11-23(26)34-2)33-22(25)12-32-24(33)35-13-15-3-5-17(30)10-20(15)28/h3-7,9-12H,8,13-14H2,1-2H3. The third kappa shape index (κ3) is 4.08. The molecule has 2 aliphatic rings. The van der Waals surface area contributed by atoms with E-state index in [4.69, 9.17) is 44.5 Å². The maximum absolute atomic E-state index is 14.3. The Morgan fingerprint density at radius 3 is 2.60 bits per heavy atom. The lowest BCUT2D eigenvalue weighted by atomic mass is 9.72. The van der Waals surface area contributed by atoms with Gasteiger partial charge in [0.15, 0.2) is 5.16 Å². The van der Waals surface area contributed by atoms with E-state index in [1.165, 1.54) is 30.0 Å². The van der Waals surface area contributed by atoms with Crippen LogP contribution in [0.15, 0.2) is 71.5 Å². The Labute approximate surface area is 221 Å². The van der Waals surface area contributed by atoms with Crippen LogP contribution in [0, 0.1) is 5.82 Å². The first kappa shape index (κ1) is 24.7. The number of imidazole rings is 1. The summed E-state index contributed by atoms with van der Waals surface area (Å²) in [6.07, 6.45) is 5.90. The molecule has 0 saturated heterocycles. The van der Waals surface area contributed by atoms with Crippen molar-refractivity contribution < 1.29 is 13.5 Å². The fourth-order valence-electron chi connectivity index (χ4n) is 5.16. The van der Waals surface area contributed by atoms with Gasteiger partial charge < -0.3 is 9.30 Å². The highest BCUT2D eigenvalue weighted by Gasteiger charge is 2.55. The number of benzene rings is 2. The summed E-state index contributed by atoms with van der Waals surface area (Å²) in [6, 6.07) is 9.99. The lowest BCUT2D eigenvalue weighted by molar-refractivity contribution is 0.157. The smallest absolute Gasteiger partial charge is 0.169 e. The molecule has 2 atom stereocenters. The maximum atomic E-state index is 14.3. The highest BCUT2D eigenvalue weighted by molar-refractivity contribution is 7.98. The van der Waals surface area contributed by atoms with E-state index in [0.717, 1.165) is 22.0 Å². The summed E-state index contributed by atoms with van der Waals surface area (Å²) in [5.74, 6) is 0.310. The van der Waals surface area contributed by atoms with Crippen LogP contribution in [0.1, 0.15) is 36.6 Å². The highest BCUT2D eigenvalue weighted by atomic mass is 35.5. The quantitative estimate of drug-likeness (QED) is 0.297. The monoisotopic (exact) mass is 552 g/mol. The molecule has 0 saturated carbocycles.